The molecule has 0 aliphatic heterocycles. The molecule has 0 fully saturated rings. The van der Waals surface area contributed by atoms with Crippen molar-refractivity contribution in [1.29, 1.82) is 0 Å². The van der Waals surface area contributed by atoms with Crippen LogP contribution in [0.1, 0.15) is 38.1 Å². The van der Waals surface area contributed by atoms with Crippen LogP contribution in [0.3, 0.4) is 0 Å². The first-order chi connectivity index (χ1) is 10.1. The fourth-order valence-electron chi connectivity index (χ4n) is 2.08. The first-order valence-electron chi connectivity index (χ1n) is 7.15. The van der Waals surface area contributed by atoms with E-state index in [1.807, 2.05) is 50.4 Å². The minimum absolute atomic E-state index is 0.173. The van der Waals surface area contributed by atoms with Gasteiger partial charge in [-0.15, -0.1) is 0 Å². The van der Waals surface area contributed by atoms with Gasteiger partial charge in [0.1, 0.15) is 5.75 Å². The van der Waals surface area contributed by atoms with Gasteiger partial charge in [0, 0.05) is 28.8 Å². The van der Waals surface area contributed by atoms with E-state index in [1.165, 1.54) is 5.56 Å². The Morgan fingerprint density at radius 1 is 1.14 bits per heavy atom. The third kappa shape index (κ3) is 4.83. The Morgan fingerprint density at radius 3 is 2.57 bits per heavy atom. The zero-order chi connectivity index (χ0) is 15.2. The molecule has 0 saturated carbocycles. The summed E-state index contributed by atoms with van der Waals surface area (Å²) in [7, 11) is 0. The van der Waals surface area contributed by atoms with Crippen molar-refractivity contribution in [2.45, 2.75) is 39.5 Å². The highest BCUT2D eigenvalue weighted by atomic mass is 79.9. The quantitative estimate of drug-likeness (QED) is 0.835. The summed E-state index contributed by atoms with van der Waals surface area (Å²) in [5.41, 5.74) is 2.19. The molecule has 2 rings (SSSR count). The highest BCUT2D eigenvalue weighted by molar-refractivity contribution is 9.10. The van der Waals surface area contributed by atoms with Crippen molar-refractivity contribution < 1.29 is 4.74 Å². The first kappa shape index (κ1) is 16.0. The number of pyridine rings is 1. The average Bonchev–Trinajstić information content (AvgIpc) is 2.46. The first-order valence-corrected chi connectivity index (χ1v) is 7.95. The monoisotopic (exact) mass is 348 g/mol. The van der Waals surface area contributed by atoms with Crippen LogP contribution in [0.25, 0.3) is 0 Å². The number of para-hydroxylation sites is 1. The fourth-order valence-corrected chi connectivity index (χ4v) is 2.31. The van der Waals surface area contributed by atoms with Crippen LogP contribution in [0.15, 0.2) is 47.1 Å². The van der Waals surface area contributed by atoms with Crippen LogP contribution in [0.4, 0.5) is 0 Å². The Labute approximate surface area is 134 Å². The molecule has 1 unspecified atom stereocenters. The highest BCUT2D eigenvalue weighted by Crippen LogP contribution is 2.25. The van der Waals surface area contributed by atoms with Gasteiger partial charge < -0.3 is 10.1 Å². The Kier molecular flexibility index (Phi) is 5.76. The minimum Gasteiger partial charge on any atom is -0.491 e. The smallest absolute Gasteiger partial charge is 0.124 e. The molecule has 1 aromatic heterocycles. The molecule has 1 N–H and O–H groups in total. The van der Waals surface area contributed by atoms with Gasteiger partial charge in [0.25, 0.3) is 0 Å². The Hall–Kier alpha value is -1.39. The summed E-state index contributed by atoms with van der Waals surface area (Å²) in [6, 6.07) is 12.4. The van der Waals surface area contributed by atoms with Crippen LogP contribution in [0.2, 0.25) is 0 Å². The summed E-state index contributed by atoms with van der Waals surface area (Å²) in [4.78, 5) is 4.37. The number of hydrogen-bond acceptors (Lipinski definition) is 3. The van der Waals surface area contributed by atoms with Gasteiger partial charge in [0.05, 0.1) is 11.8 Å². The Morgan fingerprint density at radius 2 is 1.90 bits per heavy atom. The molecule has 2 aromatic rings. The summed E-state index contributed by atoms with van der Waals surface area (Å²) >= 11 is 3.40. The largest absolute Gasteiger partial charge is 0.491 e. The number of nitrogens with zero attached hydrogens (tertiary/aromatic N) is 1. The van der Waals surface area contributed by atoms with Crippen LogP contribution in [-0.2, 0) is 6.54 Å². The normalized spacial score (nSPS) is 12.4. The summed E-state index contributed by atoms with van der Waals surface area (Å²) in [5, 5.41) is 3.49. The Balaban J connectivity index is 2.03. The predicted octanol–water partition coefficient (Wildman–Crippen LogP) is 4.48. The molecule has 112 valence electrons. The molecule has 1 atom stereocenters. The van der Waals surface area contributed by atoms with Crippen molar-refractivity contribution in [2.75, 3.05) is 0 Å². The van der Waals surface area contributed by atoms with E-state index >= 15 is 0 Å². The number of benzene rings is 1. The van der Waals surface area contributed by atoms with Crippen LogP contribution in [-0.4, -0.2) is 11.1 Å². The maximum absolute atomic E-state index is 5.87. The number of hydrogen-bond donors (Lipinski definition) is 1. The molecule has 0 spiro atoms. The second kappa shape index (κ2) is 7.57. The van der Waals surface area contributed by atoms with Crippen molar-refractivity contribution in [3.05, 3.63) is 58.3 Å². The van der Waals surface area contributed by atoms with Crippen molar-refractivity contribution in [2.24, 2.45) is 0 Å². The molecular formula is C17H21BrN2O. The third-order valence-electron chi connectivity index (χ3n) is 3.13. The van der Waals surface area contributed by atoms with Crippen molar-refractivity contribution in [1.82, 2.24) is 10.3 Å². The number of aromatic nitrogens is 1. The van der Waals surface area contributed by atoms with E-state index < -0.39 is 0 Å². The molecule has 0 bridgehead atoms. The SMILES string of the molecule is CC(C)Oc1ccccc1C(C)NCc1ccc(Br)cn1. The molecule has 0 amide bonds. The third-order valence-corrected chi connectivity index (χ3v) is 3.60. The van der Waals surface area contributed by atoms with Crippen molar-refractivity contribution in [3.63, 3.8) is 0 Å². The van der Waals surface area contributed by atoms with E-state index in [0.29, 0.717) is 0 Å². The van der Waals surface area contributed by atoms with Crippen LogP contribution < -0.4 is 10.1 Å². The van der Waals surface area contributed by atoms with E-state index in [0.717, 1.165) is 22.5 Å². The van der Waals surface area contributed by atoms with Gasteiger partial charge in [-0.25, -0.2) is 0 Å². The van der Waals surface area contributed by atoms with Gasteiger partial charge in [-0.1, -0.05) is 18.2 Å². The maximum Gasteiger partial charge on any atom is 0.124 e. The van der Waals surface area contributed by atoms with E-state index in [9.17, 15) is 0 Å². The zero-order valence-electron chi connectivity index (χ0n) is 12.6. The summed E-state index contributed by atoms with van der Waals surface area (Å²) in [6.07, 6.45) is 1.99. The van der Waals surface area contributed by atoms with Gasteiger partial charge in [0.2, 0.25) is 0 Å². The lowest BCUT2D eigenvalue weighted by Gasteiger charge is -2.19. The lowest BCUT2D eigenvalue weighted by Crippen LogP contribution is -2.20. The number of halogens is 1. The van der Waals surface area contributed by atoms with E-state index in [-0.39, 0.29) is 12.1 Å². The lowest BCUT2D eigenvalue weighted by molar-refractivity contribution is 0.238. The summed E-state index contributed by atoms with van der Waals surface area (Å²) in [6.45, 7) is 6.95. The zero-order valence-corrected chi connectivity index (χ0v) is 14.2. The minimum atomic E-state index is 0.173. The maximum atomic E-state index is 5.87. The molecular weight excluding hydrogens is 328 g/mol. The summed E-state index contributed by atoms with van der Waals surface area (Å²) in [5.74, 6) is 0.941. The average molecular weight is 349 g/mol. The molecule has 0 saturated heterocycles. The standard InChI is InChI=1S/C17H21BrN2O/c1-12(2)21-17-7-5-4-6-16(17)13(3)19-11-15-9-8-14(18)10-20-15/h4-10,12-13,19H,11H2,1-3H3. The van der Waals surface area contributed by atoms with Gasteiger partial charge >= 0.3 is 0 Å². The van der Waals surface area contributed by atoms with Gasteiger partial charge in [-0.2, -0.15) is 0 Å². The van der Waals surface area contributed by atoms with Crippen molar-refractivity contribution >= 4 is 15.9 Å². The van der Waals surface area contributed by atoms with Crippen LogP contribution in [0.5, 0.6) is 5.75 Å². The number of rotatable bonds is 6. The van der Waals surface area contributed by atoms with Gasteiger partial charge in [-0.05, 0) is 54.9 Å². The molecule has 1 aromatic carbocycles. The second-order valence-corrected chi connectivity index (χ2v) is 6.19. The number of ether oxygens (including phenoxy) is 1. The molecule has 21 heavy (non-hydrogen) atoms. The van der Waals surface area contributed by atoms with E-state index in [2.05, 4.69) is 39.2 Å². The molecule has 1 heterocycles. The Bertz CT molecular complexity index is 569. The highest BCUT2D eigenvalue weighted by Gasteiger charge is 2.12. The molecule has 0 aliphatic carbocycles. The van der Waals surface area contributed by atoms with Gasteiger partial charge in [0.15, 0.2) is 0 Å². The van der Waals surface area contributed by atoms with Crippen LogP contribution in [0, 0.1) is 0 Å². The molecule has 3 nitrogen and oxygen atoms in total. The lowest BCUT2D eigenvalue weighted by atomic mass is 10.1. The van der Waals surface area contributed by atoms with E-state index in [4.69, 9.17) is 4.74 Å². The fraction of sp³-hybridized carbons (Fsp3) is 0.353. The topological polar surface area (TPSA) is 34.1 Å². The predicted molar refractivity (Wildman–Crippen MR) is 89.4 cm³/mol. The molecule has 0 radical (unpaired) electrons. The van der Waals surface area contributed by atoms with Crippen LogP contribution >= 0.6 is 15.9 Å². The molecule has 0 aliphatic rings. The van der Waals surface area contributed by atoms with Crippen molar-refractivity contribution in [3.8, 4) is 5.75 Å². The van der Waals surface area contributed by atoms with E-state index in [1.54, 1.807) is 0 Å². The second-order valence-electron chi connectivity index (χ2n) is 5.27. The van der Waals surface area contributed by atoms with Gasteiger partial charge in [-0.3, -0.25) is 4.98 Å². The molecule has 4 heteroatoms. The summed E-state index contributed by atoms with van der Waals surface area (Å²) < 4.78 is 6.87. The number of nitrogens with one attached hydrogen (secondary N) is 1.